The number of rotatable bonds is 7. The Balaban J connectivity index is 2.56. The molecule has 1 aromatic rings. The van der Waals surface area contributed by atoms with E-state index in [2.05, 4.69) is 15.5 Å². The molecule has 7 heteroatoms. The second kappa shape index (κ2) is 8.11. The molecular weight excluding hydrogens is 274 g/mol. The highest BCUT2D eigenvalue weighted by molar-refractivity contribution is 5.97. The van der Waals surface area contributed by atoms with E-state index in [0.717, 1.165) is 19.6 Å². The van der Waals surface area contributed by atoms with E-state index in [9.17, 15) is 14.7 Å². The third kappa shape index (κ3) is 4.96. The van der Waals surface area contributed by atoms with E-state index < -0.39 is 17.7 Å². The number of hydrogen-bond acceptors (Lipinski definition) is 4. The number of aromatic hydroxyl groups is 1. The minimum Gasteiger partial charge on any atom is -0.505 e. The largest absolute Gasteiger partial charge is 0.505 e. The molecule has 2 amide bonds. The first-order valence-electron chi connectivity index (χ1n) is 6.82. The molecule has 0 unspecified atom stereocenters. The molecule has 0 aliphatic rings. The van der Waals surface area contributed by atoms with Gasteiger partial charge in [-0.25, -0.2) is 9.59 Å². The first-order chi connectivity index (χ1) is 9.99. The van der Waals surface area contributed by atoms with Gasteiger partial charge >= 0.3 is 12.0 Å². The fourth-order valence-electron chi connectivity index (χ4n) is 1.85. The van der Waals surface area contributed by atoms with E-state index in [1.807, 2.05) is 13.8 Å². The van der Waals surface area contributed by atoms with Gasteiger partial charge in [-0.3, -0.25) is 0 Å². The fourth-order valence-corrected chi connectivity index (χ4v) is 1.85. The molecule has 0 spiro atoms. The summed E-state index contributed by atoms with van der Waals surface area (Å²) in [7, 11) is 0. The molecule has 0 saturated carbocycles. The highest BCUT2D eigenvalue weighted by Crippen LogP contribution is 2.27. The van der Waals surface area contributed by atoms with Gasteiger partial charge in [0.05, 0.1) is 5.69 Å². The van der Waals surface area contributed by atoms with E-state index >= 15 is 0 Å². The van der Waals surface area contributed by atoms with Gasteiger partial charge in [0.2, 0.25) is 0 Å². The van der Waals surface area contributed by atoms with Crippen LogP contribution in [0.4, 0.5) is 10.5 Å². The van der Waals surface area contributed by atoms with Crippen LogP contribution in [0.15, 0.2) is 18.2 Å². The number of carboxylic acids is 1. The van der Waals surface area contributed by atoms with Crippen molar-refractivity contribution in [1.82, 2.24) is 10.2 Å². The van der Waals surface area contributed by atoms with Crippen LogP contribution in [0, 0.1) is 0 Å². The number of urea groups is 1. The summed E-state index contributed by atoms with van der Waals surface area (Å²) in [5.74, 6) is -1.71. The van der Waals surface area contributed by atoms with E-state index in [-0.39, 0.29) is 11.3 Å². The summed E-state index contributed by atoms with van der Waals surface area (Å²) in [6, 6.07) is 3.67. The number of anilines is 1. The maximum absolute atomic E-state index is 11.7. The molecular formula is C14H21N3O4. The lowest BCUT2D eigenvalue weighted by Gasteiger charge is -2.18. The molecule has 0 aliphatic carbocycles. The lowest BCUT2D eigenvalue weighted by Crippen LogP contribution is -2.36. The van der Waals surface area contributed by atoms with Crippen molar-refractivity contribution in [1.29, 1.82) is 0 Å². The maximum atomic E-state index is 11.7. The Labute approximate surface area is 123 Å². The zero-order valence-corrected chi connectivity index (χ0v) is 12.2. The van der Waals surface area contributed by atoms with E-state index in [4.69, 9.17) is 5.11 Å². The monoisotopic (exact) mass is 295 g/mol. The summed E-state index contributed by atoms with van der Waals surface area (Å²) < 4.78 is 0. The van der Waals surface area contributed by atoms with Crippen molar-refractivity contribution in [2.45, 2.75) is 13.8 Å². The summed E-state index contributed by atoms with van der Waals surface area (Å²) in [5, 5.41) is 23.7. The van der Waals surface area contributed by atoms with Crippen LogP contribution in [-0.2, 0) is 0 Å². The molecule has 7 nitrogen and oxygen atoms in total. The Morgan fingerprint density at radius 3 is 2.48 bits per heavy atom. The van der Waals surface area contributed by atoms with Gasteiger partial charge in [0.15, 0.2) is 5.75 Å². The summed E-state index contributed by atoms with van der Waals surface area (Å²) in [6.07, 6.45) is 0. The third-order valence-electron chi connectivity index (χ3n) is 3.12. The second-order valence-corrected chi connectivity index (χ2v) is 4.41. The van der Waals surface area contributed by atoms with Crippen LogP contribution in [0.5, 0.6) is 5.75 Å². The molecule has 0 atom stereocenters. The van der Waals surface area contributed by atoms with E-state index in [1.165, 1.54) is 18.2 Å². The third-order valence-corrected chi connectivity index (χ3v) is 3.12. The molecule has 116 valence electrons. The van der Waals surface area contributed by atoms with Crippen LogP contribution in [0.2, 0.25) is 0 Å². The SMILES string of the molecule is CCN(CC)CCNC(=O)Nc1cccc(C(=O)O)c1O. The van der Waals surface area contributed by atoms with Gasteiger partial charge in [-0.1, -0.05) is 19.9 Å². The van der Waals surface area contributed by atoms with Gasteiger partial charge < -0.3 is 25.7 Å². The van der Waals surface area contributed by atoms with E-state index in [1.54, 1.807) is 0 Å². The Morgan fingerprint density at radius 1 is 1.24 bits per heavy atom. The molecule has 0 aliphatic heterocycles. The number of carbonyl (C=O) groups is 2. The van der Waals surface area contributed by atoms with Gasteiger partial charge in [-0.2, -0.15) is 0 Å². The molecule has 21 heavy (non-hydrogen) atoms. The normalized spacial score (nSPS) is 10.4. The number of hydrogen-bond donors (Lipinski definition) is 4. The molecule has 1 aromatic carbocycles. The number of amides is 2. The average molecular weight is 295 g/mol. The number of nitrogens with one attached hydrogen (secondary N) is 2. The topological polar surface area (TPSA) is 102 Å². The van der Waals surface area contributed by atoms with Gasteiger partial charge in [0.25, 0.3) is 0 Å². The lowest BCUT2D eigenvalue weighted by molar-refractivity contribution is 0.0693. The van der Waals surface area contributed by atoms with Crippen molar-refractivity contribution >= 4 is 17.7 Å². The van der Waals surface area contributed by atoms with Crippen molar-refractivity contribution in [3.8, 4) is 5.75 Å². The molecule has 0 aromatic heterocycles. The number of aromatic carboxylic acids is 1. The standard InChI is InChI=1S/C14H21N3O4/c1-3-17(4-2)9-8-15-14(21)16-11-7-5-6-10(12(11)18)13(19)20/h5-7,18H,3-4,8-9H2,1-2H3,(H,19,20)(H2,15,16,21). The van der Waals surface area contributed by atoms with Crippen LogP contribution in [0.3, 0.4) is 0 Å². The van der Waals surface area contributed by atoms with Crippen LogP contribution >= 0.6 is 0 Å². The minimum absolute atomic E-state index is 0.0650. The average Bonchev–Trinajstić information content (AvgIpc) is 2.45. The van der Waals surface area contributed by atoms with Crippen LogP contribution < -0.4 is 10.6 Å². The van der Waals surface area contributed by atoms with Gasteiger partial charge in [-0.15, -0.1) is 0 Å². The Kier molecular flexibility index (Phi) is 6.48. The lowest BCUT2D eigenvalue weighted by atomic mass is 10.2. The van der Waals surface area contributed by atoms with Gasteiger partial charge in [-0.05, 0) is 25.2 Å². The molecule has 0 radical (unpaired) electrons. The Hall–Kier alpha value is -2.28. The van der Waals surface area contributed by atoms with Crippen LogP contribution in [0.1, 0.15) is 24.2 Å². The smallest absolute Gasteiger partial charge is 0.339 e. The Morgan fingerprint density at radius 2 is 1.90 bits per heavy atom. The first kappa shape index (κ1) is 16.8. The summed E-state index contributed by atoms with van der Waals surface area (Å²) in [4.78, 5) is 24.7. The highest BCUT2D eigenvalue weighted by atomic mass is 16.4. The summed E-state index contributed by atoms with van der Waals surface area (Å²) >= 11 is 0. The molecule has 0 saturated heterocycles. The maximum Gasteiger partial charge on any atom is 0.339 e. The molecule has 4 N–H and O–H groups in total. The number of phenols is 1. The van der Waals surface area contributed by atoms with Crippen molar-refractivity contribution < 1.29 is 19.8 Å². The number of para-hydroxylation sites is 1. The summed E-state index contributed by atoms with van der Waals surface area (Å²) in [5.41, 5.74) is -0.189. The predicted molar refractivity (Wildman–Crippen MR) is 79.9 cm³/mol. The summed E-state index contributed by atoms with van der Waals surface area (Å²) in [6.45, 7) is 7.08. The quantitative estimate of drug-likeness (QED) is 0.572. The number of nitrogens with zero attached hydrogens (tertiary/aromatic N) is 1. The van der Waals surface area contributed by atoms with Crippen LogP contribution in [-0.4, -0.2) is 53.3 Å². The molecule has 1 rings (SSSR count). The van der Waals surface area contributed by atoms with E-state index in [0.29, 0.717) is 6.54 Å². The van der Waals surface area contributed by atoms with Crippen molar-refractivity contribution in [2.24, 2.45) is 0 Å². The van der Waals surface area contributed by atoms with Crippen molar-refractivity contribution in [3.05, 3.63) is 23.8 Å². The number of benzene rings is 1. The zero-order chi connectivity index (χ0) is 15.8. The highest BCUT2D eigenvalue weighted by Gasteiger charge is 2.14. The molecule has 0 fully saturated rings. The first-order valence-corrected chi connectivity index (χ1v) is 6.82. The molecule has 0 bridgehead atoms. The number of carbonyl (C=O) groups excluding carboxylic acids is 1. The molecule has 0 heterocycles. The zero-order valence-electron chi connectivity index (χ0n) is 12.2. The second-order valence-electron chi connectivity index (χ2n) is 4.41. The van der Waals surface area contributed by atoms with Crippen molar-refractivity contribution in [3.63, 3.8) is 0 Å². The van der Waals surface area contributed by atoms with Crippen molar-refractivity contribution in [2.75, 3.05) is 31.5 Å². The van der Waals surface area contributed by atoms with Gasteiger partial charge in [0.1, 0.15) is 5.56 Å². The Bertz CT molecular complexity index is 501. The van der Waals surface area contributed by atoms with Crippen LogP contribution in [0.25, 0.3) is 0 Å². The fraction of sp³-hybridized carbons (Fsp3) is 0.429. The number of likely N-dealkylation sites (N-methyl/N-ethyl adjacent to an activating group) is 1. The predicted octanol–water partition coefficient (Wildman–Crippen LogP) is 1.55. The van der Waals surface area contributed by atoms with Gasteiger partial charge in [0, 0.05) is 13.1 Å². The number of carboxylic acid groups (broad SMARTS) is 1. The minimum atomic E-state index is -1.25.